The van der Waals surface area contributed by atoms with Gasteiger partial charge in [0.1, 0.15) is 12.6 Å². The summed E-state index contributed by atoms with van der Waals surface area (Å²) >= 11 is 0. The number of anilines is 1. The first kappa shape index (κ1) is 21.4. The van der Waals surface area contributed by atoms with Crippen molar-refractivity contribution in [3.05, 3.63) is 94.7 Å². The smallest absolute Gasteiger partial charge is 0.407 e. The largest absolute Gasteiger partial charge is 0.733 e. The maximum absolute atomic E-state index is 12.4. The van der Waals surface area contributed by atoms with Crippen molar-refractivity contribution in [3.63, 3.8) is 0 Å². The van der Waals surface area contributed by atoms with Crippen LogP contribution in [0.5, 0.6) is 0 Å². The summed E-state index contributed by atoms with van der Waals surface area (Å²) in [5.74, 6) is -1.38. The molecule has 0 saturated carbocycles. The molecule has 8 nitrogen and oxygen atoms in total. The summed E-state index contributed by atoms with van der Waals surface area (Å²) in [5.41, 5.74) is 4.73. The summed E-state index contributed by atoms with van der Waals surface area (Å²) < 4.78 is 5.41. The highest BCUT2D eigenvalue weighted by Gasteiger charge is 2.29. The van der Waals surface area contributed by atoms with E-state index in [-0.39, 0.29) is 29.9 Å². The second-order valence-electron chi connectivity index (χ2n) is 7.51. The zero-order valence-corrected chi connectivity index (χ0v) is 17.0. The summed E-state index contributed by atoms with van der Waals surface area (Å²) in [6.45, 7) is 0.0668. The molecule has 32 heavy (non-hydrogen) atoms. The van der Waals surface area contributed by atoms with Crippen molar-refractivity contribution in [1.29, 1.82) is 0 Å². The predicted molar refractivity (Wildman–Crippen MR) is 117 cm³/mol. The first-order chi connectivity index (χ1) is 15.4. The number of alkyl carbamates (subject to hydrolysis) is 1. The van der Waals surface area contributed by atoms with Crippen LogP contribution in [0.1, 0.15) is 22.6 Å². The fraction of sp³-hybridized carbons (Fsp3) is 0.167. The fourth-order valence-corrected chi connectivity index (χ4v) is 4.02. The molecule has 1 atom stereocenters. The van der Waals surface area contributed by atoms with Crippen LogP contribution < -0.4 is 10.5 Å². The van der Waals surface area contributed by atoms with Crippen LogP contribution in [0.2, 0.25) is 0 Å². The fourth-order valence-electron chi connectivity index (χ4n) is 4.02. The van der Waals surface area contributed by atoms with Crippen molar-refractivity contribution >= 4 is 17.7 Å². The number of hydrogen-bond acceptors (Lipinski definition) is 6. The molecular weight excluding hydrogens is 412 g/mol. The van der Waals surface area contributed by atoms with Crippen LogP contribution >= 0.6 is 0 Å². The van der Waals surface area contributed by atoms with E-state index in [1.54, 1.807) is 6.07 Å². The first-order valence-corrected chi connectivity index (χ1v) is 10.0. The van der Waals surface area contributed by atoms with E-state index in [0.717, 1.165) is 22.3 Å². The molecule has 8 heteroatoms. The Hall–Kier alpha value is -3.88. The normalized spacial score (nSPS) is 13.1. The molecule has 1 aliphatic carbocycles. The van der Waals surface area contributed by atoms with Crippen LogP contribution in [-0.4, -0.2) is 35.0 Å². The highest BCUT2D eigenvalue weighted by molar-refractivity contribution is 5.81. The molecular formula is C24H21N2O6-. The zero-order chi connectivity index (χ0) is 22.7. The van der Waals surface area contributed by atoms with Gasteiger partial charge in [-0.15, -0.1) is 0 Å². The molecule has 1 amide bonds. The molecule has 1 unspecified atom stereocenters. The Bertz CT molecular complexity index is 1100. The molecule has 0 aromatic heterocycles. The quantitative estimate of drug-likeness (QED) is 0.483. The average Bonchev–Trinajstić information content (AvgIpc) is 3.11. The minimum Gasteiger partial charge on any atom is -0.733 e. The predicted octanol–water partition coefficient (Wildman–Crippen LogP) is 3.91. The Balaban J connectivity index is 1.43. The Morgan fingerprint density at radius 1 is 1.00 bits per heavy atom. The number of benzene rings is 3. The van der Waals surface area contributed by atoms with Gasteiger partial charge in [0, 0.05) is 12.3 Å². The number of carboxylic acid groups (broad SMARTS) is 1. The number of carbonyl (C=O) groups excluding carboxylic acids is 1. The third-order valence-electron chi connectivity index (χ3n) is 5.51. The lowest BCUT2D eigenvalue weighted by molar-refractivity contribution is -0.139. The topological polar surface area (TPSA) is 122 Å². The Labute approximate surface area is 184 Å². The van der Waals surface area contributed by atoms with E-state index in [0.29, 0.717) is 5.56 Å². The van der Waals surface area contributed by atoms with Gasteiger partial charge in [0.15, 0.2) is 0 Å². The average molecular weight is 433 g/mol. The summed E-state index contributed by atoms with van der Waals surface area (Å²) in [5, 5.41) is 31.6. The second-order valence-corrected chi connectivity index (χ2v) is 7.51. The molecule has 164 valence electrons. The van der Waals surface area contributed by atoms with E-state index in [1.165, 1.54) is 18.2 Å². The van der Waals surface area contributed by atoms with Crippen molar-refractivity contribution in [2.45, 2.75) is 18.4 Å². The van der Waals surface area contributed by atoms with Gasteiger partial charge in [-0.3, -0.25) is 5.21 Å². The second kappa shape index (κ2) is 9.09. The molecule has 0 bridgehead atoms. The van der Waals surface area contributed by atoms with E-state index in [1.807, 2.05) is 48.5 Å². The minimum atomic E-state index is -1.26. The number of fused-ring (bicyclic) bond motifs is 3. The third-order valence-corrected chi connectivity index (χ3v) is 5.51. The van der Waals surface area contributed by atoms with Crippen molar-refractivity contribution in [2.75, 3.05) is 11.8 Å². The monoisotopic (exact) mass is 433 g/mol. The Morgan fingerprint density at radius 2 is 1.62 bits per heavy atom. The lowest BCUT2D eigenvalue weighted by Gasteiger charge is -2.22. The third kappa shape index (κ3) is 4.41. The maximum atomic E-state index is 12.4. The molecule has 3 aromatic carbocycles. The molecule has 0 spiro atoms. The van der Waals surface area contributed by atoms with Gasteiger partial charge in [-0.1, -0.05) is 60.7 Å². The van der Waals surface area contributed by atoms with Crippen LogP contribution in [0, 0.1) is 5.21 Å². The van der Waals surface area contributed by atoms with E-state index in [9.17, 15) is 19.9 Å². The lowest BCUT2D eigenvalue weighted by atomic mass is 9.98. The zero-order valence-electron chi connectivity index (χ0n) is 17.0. The number of nitrogens with one attached hydrogen (secondary N) is 1. The highest BCUT2D eigenvalue weighted by Crippen LogP contribution is 2.44. The molecule has 3 aromatic rings. The maximum Gasteiger partial charge on any atom is 0.407 e. The molecule has 0 heterocycles. The lowest BCUT2D eigenvalue weighted by Crippen LogP contribution is -2.42. The molecule has 0 fully saturated rings. The van der Waals surface area contributed by atoms with E-state index in [2.05, 4.69) is 5.32 Å². The number of carboxylic acids is 1. The van der Waals surface area contributed by atoms with Gasteiger partial charge >= 0.3 is 12.1 Å². The number of nitrogens with zero attached hydrogens (tertiary/aromatic N) is 1. The van der Waals surface area contributed by atoms with Gasteiger partial charge in [0.25, 0.3) is 0 Å². The highest BCUT2D eigenvalue weighted by atomic mass is 16.8. The minimum absolute atomic E-state index is 0.0345. The number of hydrogen-bond donors (Lipinski definition) is 3. The number of rotatable bonds is 7. The van der Waals surface area contributed by atoms with Crippen molar-refractivity contribution < 1.29 is 24.6 Å². The van der Waals surface area contributed by atoms with Crippen LogP contribution in [0.25, 0.3) is 11.1 Å². The van der Waals surface area contributed by atoms with Gasteiger partial charge < -0.3 is 25.6 Å². The number of amides is 1. The molecule has 3 N–H and O–H groups in total. The van der Waals surface area contributed by atoms with Gasteiger partial charge in [0.2, 0.25) is 0 Å². The SMILES string of the molecule is O=C(NC(Cc1cccc(N([O-])O)c1)C(=O)O)OCC1c2ccccc2-c2ccccc21. The molecule has 0 saturated heterocycles. The van der Waals surface area contributed by atoms with Gasteiger partial charge in [-0.05, 0) is 39.9 Å². The van der Waals surface area contributed by atoms with Crippen LogP contribution in [0.15, 0.2) is 72.8 Å². The van der Waals surface area contributed by atoms with Crippen LogP contribution in [-0.2, 0) is 16.0 Å². The summed E-state index contributed by atoms with van der Waals surface area (Å²) in [6, 6.07) is 20.4. The van der Waals surface area contributed by atoms with Gasteiger partial charge in [-0.25, -0.2) is 9.59 Å². The standard InChI is InChI=1S/C24H21N2O6/c27-23(28)22(13-15-6-5-7-16(12-15)26(30)31)25-24(29)32-14-21-19-10-3-1-8-17(19)18-9-2-4-11-20(18)21/h1-12,21-22,30H,13-14H2,(H,25,29)(H,27,28)/q-1. The Kier molecular flexibility index (Phi) is 6.07. The molecule has 1 aliphatic rings. The number of carbonyl (C=O) groups is 2. The van der Waals surface area contributed by atoms with Gasteiger partial charge in [-0.2, -0.15) is 0 Å². The first-order valence-electron chi connectivity index (χ1n) is 10.0. The van der Waals surface area contributed by atoms with E-state index in [4.69, 9.17) is 9.94 Å². The van der Waals surface area contributed by atoms with Crippen molar-refractivity contribution in [3.8, 4) is 11.1 Å². The Morgan fingerprint density at radius 3 is 2.22 bits per heavy atom. The summed E-state index contributed by atoms with van der Waals surface area (Å²) in [6.07, 6.45) is -0.927. The van der Waals surface area contributed by atoms with Crippen LogP contribution in [0.4, 0.5) is 10.5 Å². The van der Waals surface area contributed by atoms with Gasteiger partial charge in [0.05, 0.1) is 5.69 Å². The number of aliphatic carboxylic acids is 1. The van der Waals surface area contributed by atoms with E-state index < -0.39 is 18.1 Å². The molecule has 0 aliphatic heterocycles. The molecule has 4 rings (SSSR count). The number of ether oxygens (including phenoxy) is 1. The molecule has 0 radical (unpaired) electrons. The van der Waals surface area contributed by atoms with Crippen molar-refractivity contribution in [2.24, 2.45) is 0 Å². The van der Waals surface area contributed by atoms with Crippen molar-refractivity contribution in [1.82, 2.24) is 5.32 Å². The summed E-state index contributed by atoms with van der Waals surface area (Å²) in [4.78, 5) is 24.1. The van der Waals surface area contributed by atoms with E-state index >= 15 is 0 Å². The summed E-state index contributed by atoms with van der Waals surface area (Å²) in [7, 11) is 0. The van der Waals surface area contributed by atoms with Crippen LogP contribution in [0.3, 0.4) is 0 Å².